The highest BCUT2D eigenvalue weighted by Gasteiger charge is 2.48. The van der Waals surface area contributed by atoms with Crippen LogP contribution in [-0.4, -0.2) is 358 Å². The van der Waals surface area contributed by atoms with Crippen LogP contribution in [0.1, 0.15) is 255 Å². The summed E-state index contributed by atoms with van der Waals surface area (Å²) in [5, 5.41) is 108. The normalized spacial score (nSPS) is 23.5. The summed E-state index contributed by atoms with van der Waals surface area (Å²) in [4.78, 5) is 130. The average Bonchev–Trinajstić information content (AvgIpc) is 0.817. The molecule has 6 amide bonds. The Kier molecular flexibility index (Phi) is 62.9. The van der Waals surface area contributed by atoms with E-state index in [9.17, 15) is 104 Å². The number of carbonyl (C=O) groups is 9. The van der Waals surface area contributed by atoms with Crippen LogP contribution >= 0.6 is 15.6 Å². The van der Waals surface area contributed by atoms with Crippen molar-refractivity contribution in [3.8, 4) is 0 Å². The standard InChI is InChI=1S/C82H151N7O33P2.C2H6/c1-57(2)89(58(3)4)123(109,116-50-41-87(40-49-112-8)69(101)37-25-13-10-19-31-63(98)34-22-16-28-47-114-81-72(84-60(6)95)78(107)75(104)66(55-92)121-81)117-51-42-88(70(102)38-26-14-11-20-32-64(99)35-23-17-29-48-115-82-73(85-61(7)96)79(108)76(105)67(56-93)122-82)44-53-119-124(110,111)118-52-43-86(39-45-90)68(100)36-24-12-9-18-30-62(97)33-21-15-27-46-113-80-71(83-59(5)94)77(106)74(103)65(54-91)120-80;1-2/h57-58,65-67,71-82,90-93,103-108H,9-56H2,1-8H3,(H,83,94)(H,84,95)(H,85,96)(H,110,111);1-2H3. The van der Waals surface area contributed by atoms with Crippen LogP contribution in [0.5, 0.6) is 0 Å². The van der Waals surface area contributed by atoms with Crippen LogP contribution in [0.2, 0.25) is 0 Å². The second-order valence-electron chi connectivity index (χ2n) is 32.4. The molecule has 0 aromatic carbocycles. The molecule has 3 aliphatic rings. The van der Waals surface area contributed by atoms with Gasteiger partial charge in [-0.15, -0.1) is 0 Å². The van der Waals surface area contributed by atoms with Crippen LogP contribution in [0, 0.1) is 0 Å². The molecule has 17 atom stereocenters. The second kappa shape index (κ2) is 67.5. The number of methoxy groups -OCH3 is 1. The van der Waals surface area contributed by atoms with Crippen LogP contribution < -0.4 is 16.0 Å². The number of phosphoric ester groups is 1. The fourth-order valence-electron chi connectivity index (χ4n) is 14.8. The topological polar surface area (TPSA) is 561 Å². The smallest absolute Gasteiger partial charge is 0.395 e. The van der Waals surface area contributed by atoms with E-state index in [1.54, 1.807) is 9.57 Å². The molecule has 0 aromatic rings. The predicted octanol–water partition coefficient (Wildman–Crippen LogP) is 3.82. The molecule has 736 valence electrons. The van der Waals surface area contributed by atoms with Crippen molar-refractivity contribution >= 4 is 68.4 Å². The summed E-state index contributed by atoms with van der Waals surface area (Å²) >= 11 is 0. The van der Waals surface area contributed by atoms with Crippen LogP contribution in [0.3, 0.4) is 0 Å². The Bertz CT molecular complexity index is 3130. The summed E-state index contributed by atoms with van der Waals surface area (Å²) in [7, 11) is -7.57. The van der Waals surface area contributed by atoms with Gasteiger partial charge < -0.3 is 120 Å². The summed E-state index contributed by atoms with van der Waals surface area (Å²) < 4.78 is 92.5. The van der Waals surface area contributed by atoms with E-state index in [1.165, 1.54) is 37.7 Å². The quantitative estimate of drug-likeness (QED) is 0.0304. The monoisotopic (exact) mass is 1850 g/mol. The molecule has 40 nitrogen and oxygen atoms in total. The Balaban J connectivity index is 0.0000267. The van der Waals surface area contributed by atoms with E-state index in [1.807, 2.05) is 41.5 Å². The molecule has 3 saturated heterocycles. The molecule has 0 radical (unpaired) electrons. The number of nitrogens with zero attached hydrogens (tertiary/aromatic N) is 4. The van der Waals surface area contributed by atoms with Gasteiger partial charge in [0.2, 0.25) is 35.4 Å². The lowest BCUT2D eigenvalue weighted by Crippen LogP contribution is -2.64. The fraction of sp³-hybridized carbons (Fsp3) is 0.893. The molecule has 126 heavy (non-hydrogen) atoms. The van der Waals surface area contributed by atoms with Gasteiger partial charge in [0.1, 0.15) is 90.4 Å². The molecule has 0 aliphatic carbocycles. The van der Waals surface area contributed by atoms with E-state index >= 15 is 4.57 Å². The van der Waals surface area contributed by atoms with Crippen LogP contribution in [0.4, 0.5) is 0 Å². The molecule has 0 spiro atoms. The second-order valence-corrected chi connectivity index (χ2v) is 35.8. The molecule has 17 unspecified atom stereocenters. The number of hydrogen-bond acceptors (Lipinski definition) is 32. The van der Waals surface area contributed by atoms with E-state index in [2.05, 4.69) is 16.0 Å². The molecule has 3 rings (SSSR count). The van der Waals surface area contributed by atoms with Gasteiger partial charge in [-0.25, -0.2) is 13.8 Å². The largest absolute Gasteiger partial charge is 0.472 e. The Labute approximate surface area is 744 Å². The zero-order valence-electron chi connectivity index (χ0n) is 76.3. The first-order chi connectivity index (χ1) is 60.1. The van der Waals surface area contributed by atoms with E-state index in [0.717, 1.165) is 0 Å². The SMILES string of the molecule is CC.COCCN(CCOP(=O)(OCCN(CCOP(=O)(O)OCCN(CCO)C(=O)CCCCCCC(=O)CCCCCOC1OC(CO)C(O)C(O)C1NC(C)=O)C(=O)CCCCCCC(=O)CCCCCOC1OC(CO)C(O)C(O)C1NC(C)=O)N(C(C)C)C(C)C)C(=O)CCCCCCC(=O)CCCCCOC1OC(CO)C(O)C(O)C1NC(C)=O. The van der Waals surface area contributed by atoms with Gasteiger partial charge in [-0.1, -0.05) is 71.6 Å². The lowest BCUT2D eigenvalue weighted by atomic mass is 9.97. The number of Topliss-reactive ketones (excluding diaryl/α,β-unsaturated/α-hetero) is 3. The van der Waals surface area contributed by atoms with Gasteiger partial charge in [-0.3, -0.25) is 61.2 Å². The van der Waals surface area contributed by atoms with Crippen LogP contribution in [0.15, 0.2) is 0 Å². The Morgan fingerprint density at radius 2 is 0.595 bits per heavy atom. The molecule has 0 aromatic heterocycles. The zero-order valence-corrected chi connectivity index (χ0v) is 78.1. The highest BCUT2D eigenvalue weighted by atomic mass is 31.2. The van der Waals surface area contributed by atoms with Gasteiger partial charge >= 0.3 is 15.6 Å². The third-order valence-electron chi connectivity index (χ3n) is 21.5. The average molecular weight is 1860 g/mol. The summed E-state index contributed by atoms with van der Waals surface area (Å²) in [5.41, 5.74) is 0. The minimum Gasteiger partial charge on any atom is -0.395 e. The number of unbranched alkanes of at least 4 members (excludes halogenated alkanes) is 15. The number of aliphatic hydroxyl groups excluding tert-OH is 10. The lowest BCUT2D eigenvalue weighted by Gasteiger charge is -2.42. The first-order valence-corrected chi connectivity index (χ1v) is 48.4. The van der Waals surface area contributed by atoms with E-state index in [4.69, 9.17) is 51.3 Å². The highest BCUT2D eigenvalue weighted by molar-refractivity contribution is 7.51. The zero-order chi connectivity index (χ0) is 94.2. The van der Waals surface area contributed by atoms with Gasteiger partial charge in [-0.05, 0) is 105 Å². The summed E-state index contributed by atoms with van der Waals surface area (Å²) in [6.07, 6.45) is -0.455. The number of aliphatic hydroxyl groups is 10. The number of hydrogen-bond donors (Lipinski definition) is 14. The summed E-state index contributed by atoms with van der Waals surface area (Å²) in [5.74, 6) is -2.10. The maximum Gasteiger partial charge on any atom is 0.472 e. The first-order valence-electron chi connectivity index (χ1n) is 45.4. The number of rotatable bonds is 72. The Hall–Kier alpha value is -4.63. The van der Waals surface area contributed by atoms with Gasteiger partial charge in [0.05, 0.1) is 59.5 Å². The van der Waals surface area contributed by atoms with E-state index in [0.29, 0.717) is 173 Å². The number of phosphoric acid groups is 1. The molecule has 3 heterocycles. The van der Waals surface area contributed by atoms with E-state index in [-0.39, 0.29) is 127 Å². The van der Waals surface area contributed by atoms with Gasteiger partial charge in [-0.2, -0.15) is 0 Å². The summed E-state index contributed by atoms with van der Waals surface area (Å²) in [6, 6.07) is -3.95. The van der Waals surface area contributed by atoms with Crippen molar-refractivity contribution in [2.45, 2.75) is 359 Å². The number of ketones is 3. The van der Waals surface area contributed by atoms with Crippen molar-refractivity contribution < 1.29 is 159 Å². The van der Waals surface area contributed by atoms with Crippen molar-refractivity contribution in [2.24, 2.45) is 0 Å². The molecule has 0 bridgehead atoms. The summed E-state index contributed by atoms with van der Waals surface area (Å²) in [6.45, 7) is 11.6. The van der Waals surface area contributed by atoms with Gasteiger partial charge in [0.15, 0.2) is 18.9 Å². The van der Waals surface area contributed by atoms with Crippen molar-refractivity contribution in [3.05, 3.63) is 0 Å². The highest BCUT2D eigenvalue weighted by Crippen LogP contribution is 2.54. The molecule has 42 heteroatoms. The molecular formula is C84H157N7O33P2. The molecule has 3 aliphatic heterocycles. The van der Waals surface area contributed by atoms with Crippen molar-refractivity contribution in [3.63, 3.8) is 0 Å². The minimum atomic E-state index is -4.84. The lowest BCUT2D eigenvalue weighted by molar-refractivity contribution is -0.270. The Morgan fingerprint density at radius 3 is 0.841 bits per heavy atom. The molecular weight excluding hydrogens is 1700 g/mol. The Morgan fingerprint density at radius 1 is 0.349 bits per heavy atom. The third-order valence-corrected chi connectivity index (χ3v) is 25.0. The predicted molar refractivity (Wildman–Crippen MR) is 461 cm³/mol. The van der Waals surface area contributed by atoms with Crippen molar-refractivity contribution in [1.82, 2.24) is 35.3 Å². The minimum absolute atomic E-state index is 0.0114. The van der Waals surface area contributed by atoms with Crippen LogP contribution in [0.25, 0.3) is 0 Å². The molecule has 3 fully saturated rings. The number of carbonyl (C=O) groups excluding carboxylic acids is 9. The number of amides is 6. The molecule has 14 N–H and O–H groups in total. The first kappa shape index (κ1) is 117. The maximum atomic E-state index is 15.2. The third kappa shape index (κ3) is 47.1. The maximum absolute atomic E-state index is 15.2. The van der Waals surface area contributed by atoms with Gasteiger partial charge in [0, 0.05) is 157 Å². The molecule has 0 saturated carbocycles. The van der Waals surface area contributed by atoms with Crippen molar-refractivity contribution in [2.75, 3.05) is 126 Å². The number of nitrogens with one attached hydrogen (secondary N) is 3. The number of ether oxygens (including phenoxy) is 7. The van der Waals surface area contributed by atoms with Crippen LogP contribution in [-0.2, 0) is 104 Å². The van der Waals surface area contributed by atoms with Gasteiger partial charge in [0.25, 0.3) is 0 Å². The van der Waals surface area contributed by atoms with Crippen molar-refractivity contribution in [1.29, 1.82) is 0 Å². The fourth-order valence-corrected chi connectivity index (χ4v) is 17.6. The van der Waals surface area contributed by atoms with E-state index < -0.39 is 183 Å².